The molecule has 2 N–H and O–H groups in total. The van der Waals surface area contributed by atoms with E-state index < -0.39 is 11.4 Å². The number of hydrogen-bond acceptors (Lipinski definition) is 3. The molecular formula is C13H13NO3S. The van der Waals surface area contributed by atoms with Crippen LogP contribution < -0.4 is 5.32 Å². The summed E-state index contributed by atoms with van der Waals surface area (Å²) in [6.45, 7) is 0. The lowest BCUT2D eigenvalue weighted by Crippen LogP contribution is -2.39. The molecule has 1 aliphatic heterocycles. The van der Waals surface area contributed by atoms with Crippen molar-refractivity contribution in [3.05, 3.63) is 29.8 Å². The predicted octanol–water partition coefficient (Wildman–Crippen LogP) is 1.81. The highest BCUT2D eigenvalue weighted by molar-refractivity contribution is 7.99. The summed E-state index contributed by atoms with van der Waals surface area (Å²) in [5.74, 6) is -0.558. The van der Waals surface area contributed by atoms with Crippen LogP contribution >= 0.6 is 11.8 Å². The van der Waals surface area contributed by atoms with Gasteiger partial charge < -0.3 is 10.4 Å². The summed E-state index contributed by atoms with van der Waals surface area (Å²) < 4.78 is 0. The van der Waals surface area contributed by atoms with Crippen molar-refractivity contribution in [1.29, 1.82) is 0 Å². The monoisotopic (exact) mass is 263 g/mol. The van der Waals surface area contributed by atoms with Crippen LogP contribution in [0.15, 0.2) is 29.2 Å². The number of carboxylic acids is 1. The highest BCUT2D eigenvalue weighted by Gasteiger charge is 2.57. The largest absolute Gasteiger partial charge is 0.480 e. The molecule has 5 heteroatoms. The van der Waals surface area contributed by atoms with Crippen LogP contribution in [0.5, 0.6) is 0 Å². The fourth-order valence-electron chi connectivity index (χ4n) is 2.24. The number of carbonyl (C=O) groups excluding carboxylic acids is 1. The van der Waals surface area contributed by atoms with E-state index in [4.69, 9.17) is 5.11 Å². The van der Waals surface area contributed by atoms with Crippen molar-refractivity contribution in [2.45, 2.75) is 23.8 Å². The van der Waals surface area contributed by atoms with Crippen molar-refractivity contribution < 1.29 is 14.7 Å². The first-order valence-corrected chi connectivity index (χ1v) is 6.88. The van der Waals surface area contributed by atoms with Gasteiger partial charge in [-0.1, -0.05) is 18.2 Å². The van der Waals surface area contributed by atoms with Crippen molar-refractivity contribution in [2.75, 3.05) is 5.75 Å². The lowest BCUT2D eigenvalue weighted by Gasteiger charge is -2.16. The minimum atomic E-state index is -1.15. The smallest absolute Gasteiger partial charge is 0.319 e. The van der Waals surface area contributed by atoms with Crippen LogP contribution in [0.3, 0.4) is 0 Å². The molecule has 1 aromatic carbocycles. The summed E-state index contributed by atoms with van der Waals surface area (Å²) in [7, 11) is 0. The fraction of sp³-hybridized carbons (Fsp3) is 0.385. The minimum absolute atomic E-state index is 0.0597. The van der Waals surface area contributed by atoms with E-state index >= 15 is 0 Å². The molecule has 0 spiro atoms. The quantitative estimate of drug-likeness (QED) is 0.816. The number of rotatable bonds is 3. The van der Waals surface area contributed by atoms with Crippen molar-refractivity contribution in [1.82, 2.24) is 5.32 Å². The molecule has 1 saturated carbocycles. The molecule has 0 aromatic heterocycles. The third kappa shape index (κ3) is 1.70. The third-order valence-electron chi connectivity index (χ3n) is 3.60. The van der Waals surface area contributed by atoms with Crippen molar-refractivity contribution in [2.24, 2.45) is 5.41 Å². The first-order chi connectivity index (χ1) is 8.63. The molecule has 0 bridgehead atoms. The van der Waals surface area contributed by atoms with E-state index in [-0.39, 0.29) is 11.9 Å². The van der Waals surface area contributed by atoms with E-state index in [1.165, 1.54) is 4.90 Å². The average Bonchev–Trinajstić information content (AvgIpc) is 3.09. The Bertz CT molecular complexity index is 525. The number of thioether (sulfide) groups is 1. The highest BCUT2D eigenvalue weighted by Crippen LogP contribution is 2.47. The molecule has 1 amide bonds. The zero-order chi connectivity index (χ0) is 12.8. The normalized spacial score (nSPS) is 23.2. The van der Waals surface area contributed by atoms with Crippen LogP contribution in [0.2, 0.25) is 0 Å². The number of fused-ring (bicyclic) bond motifs is 1. The van der Waals surface area contributed by atoms with Gasteiger partial charge in [0.15, 0.2) is 0 Å². The number of nitrogens with one attached hydrogen (secondary N) is 1. The van der Waals surface area contributed by atoms with Gasteiger partial charge in [-0.25, -0.2) is 0 Å². The molecule has 1 heterocycles. The van der Waals surface area contributed by atoms with Crippen molar-refractivity contribution in [3.8, 4) is 0 Å². The Morgan fingerprint density at radius 1 is 1.33 bits per heavy atom. The number of carbonyl (C=O) groups is 2. The Labute approximate surface area is 109 Å². The van der Waals surface area contributed by atoms with E-state index in [9.17, 15) is 9.59 Å². The molecule has 1 fully saturated rings. The van der Waals surface area contributed by atoms with Gasteiger partial charge in [0.25, 0.3) is 0 Å². The molecule has 1 aromatic rings. The standard InChI is InChI=1S/C13H13NO3S/c15-11(13(5-6-13)12(16)17)14-9-7-18-10-4-2-1-3-8(9)10/h1-4,9H,5-7H2,(H,14,15)(H,16,17). The molecule has 0 radical (unpaired) electrons. The lowest BCUT2D eigenvalue weighted by atomic mass is 10.0. The van der Waals surface area contributed by atoms with Gasteiger partial charge >= 0.3 is 5.97 Å². The van der Waals surface area contributed by atoms with Crippen LogP contribution in [0.25, 0.3) is 0 Å². The molecule has 1 aliphatic carbocycles. The van der Waals surface area contributed by atoms with Gasteiger partial charge in [-0.2, -0.15) is 0 Å². The van der Waals surface area contributed by atoms with Crippen molar-refractivity contribution in [3.63, 3.8) is 0 Å². The Morgan fingerprint density at radius 2 is 2.06 bits per heavy atom. The number of benzene rings is 1. The molecule has 3 rings (SSSR count). The SMILES string of the molecule is O=C(O)C1(C(=O)NC2CSc3ccccc32)CC1. The highest BCUT2D eigenvalue weighted by atomic mass is 32.2. The Morgan fingerprint density at radius 3 is 2.72 bits per heavy atom. The summed E-state index contributed by atoms with van der Waals surface area (Å²) >= 11 is 1.70. The van der Waals surface area contributed by atoms with Gasteiger partial charge in [-0.3, -0.25) is 9.59 Å². The van der Waals surface area contributed by atoms with Crippen LogP contribution in [0.4, 0.5) is 0 Å². The maximum absolute atomic E-state index is 12.0. The fourth-order valence-corrected chi connectivity index (χ4v) is 3.40. The zero-order valence-corrected chi connectivity index (χ0v) is 10.5. The molecular weight excluding hydrogens is 250 g/mol. The van der Waals surface area contributed by atoms with Gasteiger partial charge in [-0.15, -0.1) is 11.8 Å². The Balaban J connectivity index is 1.76. The second kappa shape index (κ2) is 4.02. The van der Waals surface area contributed by atoms with E-state index in [1.54, 1.807) is 11.8 Å². The number of aliphatic carboxylic acids is 1. The molecule has 94 valence electrons. The van der Waals surface area contributed by atoms with Gasteiger partial charge in [-0.05, 0) is 24.5 Å². The Hall–Kier alpha value is -1.49. The lowest BCUT2D eigenvalue weighted by molar-refractivity contribution is -0.149. The Kier molecular flexibility index (Phi) is 2.59. The maximum Gasteiger partial charge on any atom is 0.319 e. The molecule has 1 unspecified atom stereocenters. The molecule has 2 aliphatic rings. The second-order valence-corrected chi connectivity index (χ2v) is 5.82. The van der Waals surface area contributed by atoms with E-state index in [1.807, 2.05) is 24.3 Å². The van der Waals surface area contributed by atoms with Crippen LogP contribution in [-0.2, 0) is 9.59 Å². The second-order valence-electron chi connectivity index (χ2n) is 4.76. The maximum atomic E-state index is 12.0. The van der Waals surface area contributed by atoms with Crippen LogP contribution in [0.1, 0.15) is 24.4 Å². The van der Waals surface area contributed by atoms with E-state index in [2.05, 4.69) is 5.32 Å². The van der Waals surface area contributed by atoms with Crippen LogP contribution in [0, 0.1) is 5.41 Å². The first kappa shape index (κ1) is 11.6. The summed E-state index contributed by atoms with van der Waals surface area (Å²) in [6, 6.07) is 7.86. The van der Waals surface area contributed by atoms with Gasteiger partial charge in [0.1, 0.15) is 5.41 Å². The zero-order valence-electron chi connectivity index (χ0n) is 9.68. The molecule has 4 nitrogen and oxygen atoms in total. The first-order valence-electron chi connectivity index (χ1n) is 5.89. The van der Waals surface area contributed by atoms with Crippen molar-refractivity contribution >= 4 is 23.6 Å². The summed E-state index contributed by atoms with van der Waals surface area (Å²) in [5.41, 5.74) is -0.0561. The number of carboxylic acid groups (broad SMARTS) is 1. The van der Waals surface area contributed by atoms with E-state index in [0.29, 0.717) is 12.8 Å². The number of hydrogen-bond donors (Lipinski definition) is 2. The molecule has 0 saturated heterocycles. The molecule has 1 atom stereocenters. The van der Waals surface area contributed by atoms with Gasteiger partial charge in [0.2, 0.25) is 5.91 Å². The number of amides is 1. The summed E-state index contributed by atoms with van der Waals surface area (Å²) in [5, 5.41) is 12.0. The van der Waals surface area contributed by atoms with E-state index in [0.717, 1.165) is 11.3 Å². The summed E-state index contributed by atoms with van der Waals surface area (Å²) in [4.78, 5) is 24.3. The predicted molar refractivity (Wildman–Crippen MR) is 67.4 cm³/mol. The van der Waals surface area contributed by atoms with Gasteiger partial charge in [0.05, 0.1) is 6.04 Å². The van der Waals surface area contributed by atoms with Crippen LogP contribution in [-0.4, -0.2) is 22.7 Å². The average molecular weight is 263 g/mol. The third-order valence-corrected chi connectivity index (χ3v) is 4.78. The summed E-state index contributed by atoms with van der Waals surface area (Å²) in [6.07, 6.45) is 0.908. The minimum Gasteiger partial charge on any atom is -0.480 e. The van der Waals surface area contributed by atoms with Gasteiger partial charge in [0, 0.05) is 10.6 Å². The molecule has 18 heavy (non-hydrogen) atoms. The topological polar surface area (TPSA) is 66.4 Å².